The smallest absolute Gasteiger partial charge is 0.212 e. The number of benzene rings is 1. The summed E-state index contributed by atoms with van der Waals surface area (Å²) in [5.74, 6) is 0.135. The van der Waals surface area contributed by atoms with Crippen molar-refractivity contribution in [2.24, 2.45) is 7.05 Å². The van der Waals surface area contributed by atoms with E-state index in [1.807, 2.05) is 0 Å². The monoisotopic (exact) mass is 286 g/mol. The van der Waals surface area contributed by atoms with Gasteiger partial charge in [-0.05, 0) is 23.4 Å². The van der Waals surface area contributed by atoms with Gasteiger partial charge in [0.15, 0.2) is 18.2 Å². The lowest BCUT2D eigenvalue weighted by Gasteiger charge is -2.04. The molecule has 0 unspecified atom stereocenters. The Morgan fingerprint density at radius 2 is 2.31 bits per heavy atom. The summed E-state index contributed by atoms with van der Waals surface area (Å²) in [6.45, 7) is 0.0845. The number of hydrogen-bond donors (Lipinski definition) is 0. The van der Waals surface area contributed by atoms with Gasteiger partial charge in [0, 0.05) is 4.47 Å². The number of nitrogens with zero attached hydrogens (tertiary/aromatic N) is 4. The van der Waals surface area contributed by atoms with Crippen molar-refractivity contribution in [3.8, 4) is 5.75 Å². The Morgan fingerprint density at radius 1 is 1.50 bits per heavy atom. The lowest BCUT2D eigenvalue weighted by atomic mass is 10.3. The highest BCUT2D eigenvalue weighted by Crippen LogP contribution is 2.22. The third kappa shape index (κ3) is 2.54. The summed E-state index contributed by atoms with van der Waals surface area (Å²) in [6.07, 6.45) is 0. The Balaban J connectivity index is 2.07. The minimum Gasteiger partial charge on any atom is -0.482 e. The first-order chi connectivity index (χ1) is 7.65. The number of aryl methyl sites for hydroxylation is 1. The highest BCUT2D eigenvalue weighted by atomic mass is 79.9. The number of aromatic nitrogens is 4. The van der Waals surface area contributed by atoms with Crippen LogP contribution in [0.5, 0.6) is 5.75 Å². The van der Waals surface area contributed by atoms with Crippen molar-refractivity contribution in [2.75, 3.05) is 0 Å². The van der Waals surface area contributed by atoms with Gasteiger partial charge in [-0.2, -0.15) is 4.80 Å². The van der Waals surface area contributed by atoms with E-state index in [1.54, 1.807) is 19.2 Å². The van der Waals surface area contributed by atoms with Gasteiger partial charge in [-0.25, -0.2) is 4.39 Å². The summed E-state index contributed by atoms with van der Waals surface area (Å²) in [6, 6.07) is 4.47. The summed E-state index contributed by atoms with van der Waals surface area (Å²) < 4.78 is 19.3. The molecule has 1 heterocycles. The average molecular weight is 287 g/mol. The lowest BCUT2D eigenvalue weighted by molar-refractivity contribution is 0.280. The molecule has 1 aromatic heterocycles. The van der Waals surface area contributed by atoms with E-state index in [4.69, 9.17) is 4.74 Å². The van der Waals surface area contributed by atoms with Crippen LogP contribution in [0.1, 0.15) is 5.82 Å². The topological polar surface area (TPSA) is 52.8 Å². The molecular weight excluding hydrogens is 279 g/mol. The molecule has 2 rings (SSSR count). The molecular formula is C9H8BrFN4O. The average Bonchev–Trinajstić information content (AvgIpc) is 2.66. The number of rotatable bonds is 3. The Hall–Kier alpha value is -1.50. The fourth-order valence-electron chi connectivity index (χ4n) is 1.11. The summed E-state index contributed by atoms with van der Waals surface area (Å²) >= 11 is 3.23. The Bertz CT molecular complexity index is 502. The van der Waals surface area contributed by atoms with Crippen molar-refractivity contribution in [2.45, 2.75) is 6.61 Å². The second-order valence-corrected chi connectivity index (χ2v) is 3.97. The van der Waals surface area contributed by atoms with Crippen LogP contribution in [-0.4, -0.2) is 20.2 Å². The maximum absolute atomic E-state index is 13.3. The van der Waals surface area contributed by atoms with Gasteiger partial charge in [-0.3, -0.25) is 0 Å². The van der Waals surface area contributed by atoms with Gasteiger partial charge in [-0.15, -0.1) is 10.2 Å². The van der Waals surface area contributed by atoms with E-state index >= 15 is 0 Å². The van der Waals surface area contributed by atoms with Crippen LogP contribution in [0.2, 0.25) is 0 Å². The maximum Gasteiger partial charge on any atom is 0.212 e. The number of ether oxygens (including phenoxy) is 1. The lowest BCUT2D eigenvalue weighted by Crippen LogP contribution is -2.00. The van der Waals surface area contributed by atoms with Crippen molar-refractivity contribution >= 4 is 15.9 Å². The molecule has 5 nitrogen and oxygen atoms in total. The minimum atomic E-state index is -0.424. The zero-order valence-electron chi connectivity index (χ0n) is 8.39. The highest BCUT2D eigenvalue weighted by molar-refractivity contribution is 9.10. The van der Waals surface area contributed by atoms with E-state index in [2.05, 4.69) is 31.3 Å². The molecule has 0 bridgehead atoms. The molecule has 0 aliphatic rings. The zero-order valence-corrected chi connectivity index (χ0v) is 9.98. The highest BCUT2D eigenvalue weighted by Gasteiger charge is 2.06. The first kappa shape index (κ1) is 11.0. The van der Waals surface area contributed by atoms with Crippen LogP contribution in [0, 0.1) is 5.82 Å². The molecule has 0 amide bonds. The molecule has 1 aromatic carbocycles. The van der Waals surface area contributed by atoms with Crippen molar-refractivity contribution in [3.05, 3.63) is 34.3 Å². The fourth-order valence-corrected chi connectivity index (χ4v) is 1.45. The molecule has 0 spiro atoms. The van der Waals surface area contributed by atoms with E-state index in [0.29, 0.717) is 5.82 Å². The number of tetrazole rings is 1. The van der Waals surface area contributed by atoms with Gasteiger partial charge in [0.1, 0.15) is 0 Å². The molecule has 0 fully saturated rings. The van der Waals surface area contributed by atoms with Crippen molar-refractivity contribution in [1.82, 2.24) is 20.2 Å². The normalized spacial score (nSPS) is 10.4. The predicted octanol–water partition coefficient (Wildman–Crippen LogP) is 1.69. The summed E-state index contributed by atoms with van der Waals surface area (Å²) in [5, 5.41) is 11.3. The van der Waals surface area contributed by atoms with Gasteiger partial charge >= 0.3 is 0 Å². The van der Waals surface area contributed by atoms with Crippen LogP contribution in [0.4, 0.5) is 4.39 Å². The van der Waals surface area contributed by atoms with Crippen molar-refractivity contribution in [3.63, 3.8) is 0 Å². The molecule has 16 heavy (non-hydrogen) atoms. The molecule has 0 aliphatic carbocycles. The first-order valence-corrected chi connectivity index (χ1v) is 5.25. The Labute approximate surface area is 99.3 Å². The molecule has 0 aliphatic heterocycles. The van der Waals surface area contributed by atoms with Crippen LogP contribution in [0.25, 0.3) is 0 Å². The van der Waals surface area contributed by atoms with E-state index in [-0.39, 0.29) is 12.4 Å². The summed E-state index contributed by atoms with van der Waals surface area (Å²) in [5.41, 5.74) is 0. The fraction of sp³-hybridized carbons (Fsp3) is 0.222. The third-order valence-electron chi connectivity index (χ3n) is 1.80. The van der Waals surface area contributed by atoms with Gasteiger partial charge in [0.2, 0.25) is 5.82 Å². The van der Waals surface area contributed by atoms with Gasteiger partial charge in [-0.1, -0.05) is 15.9 Å². The van der Waals surface area contributed by atoms with E-state index < -0.39 is 5.82 Å². The Morgan fingerprint density at radius 3 is 3.00 bits per heavy atom. The van der Waals surface area contributed by atoms with E-state index in [1.165, 1.54) is 10.9 Å². The molecule has 84 valence electrons. The minimum absolute atomic E-state index is 0.0845. The summed E-state index contributed by atoms with van der Waals surface area (Å²) in [4.78, 5) is 1.32. The number of halogens is 2. The van der Waals surface area contributed by atoms with Crippen LogP contribution in [0.3, 0.4) is 0 Å². The van der Waals surface area contributed by atoms with Crippen LogP contribution < -0.4 is 4.74 Å². The quantitative estimate of drug-likeness (QED) is 0.862. The van der Waals surface area contributed by atoms with Crippen molar-refractivity contribution in [1.29, 1.82) is 0 Å². The summed E-state index contributed by atoms with van der Waals surface area (Å²) in [7, 11) is 1.65. The largest absolute Gasteiger partial charge is 0.482 e. The Kier molecular flexibility index (Phi) is 3.14. The molecule has 0 saturated carbocycles. The van der Waals surface area contributed by atoms with Crippen LogP contribution in [-0.2, 0) is 13.7 Å². The van der Waals surface area contributed by atoms with Gasteiger partial charge in [0.05, 0.1) is 7.05 Å². The third-order valence-corrected chi connectivity index (χ3v) is 2.29. The van der Waals surface area contributed by atoms with Crippen molar-refractivity contribution < 1.29 is 9.13 Å². The molecule has 0 saturated heterocycles. The molecule has 0 atom stereocenters. The standard InChI is InChI=1S/C9H8BrFN4O/c1-15-13-9(12-14-15)5-16-8-4-6(10)2-3-7(8)11/h2-4H,5H2,1H3. The second-order valence-electron chi connectivity index (χ2n) is 3.06. The van der Waals surface area contributed by atoms with Gasteiger partial charge < -0.3 is 4.74 Å². The second kappa shape index (κ2) is 4.56. The maximum atomic E-state index is 13.3. The SMILES string of the molecule is Cn1nnc(COc2cc(Br)ccc2F)n1. The molecule has 2 aromatic rings. The molecule has 0 radical (unpaired) electrons. The first-order valence-electron chi connectivity index (χ1n) is 4.46. The number of hydrogen-bond acceptors (Lipinski definition) is 4. The zero-order chi connectivity index (χ0) is 11.5. The van der Waals surface area contributed by atoms with Crippen LogP contribution in [0.15, 0.2) is 22.7 Å². The molecule has 0 N–H and O–H groups in total. The van der Waals surface area contributed by atoms with E-state index in [9.17, 15) is 4.39 Å². The van der Waals surface area contributed by atoms with Gasteiger partial charge in [0.25, 0.3) is 0 Å². The predicted molar refractivity (Wildman–Crippen MR) is 57.2 cm³/mol. The van der Waals surface area contributed by atoms with E-state index in [0.717, 1.165) is 4.47 Å². The van der Waals surface area contributed by atoms with Crippen LogP contribution >= 0.6 is 15.9 Å². The molecule has 7 heteroatoms.